The summed E-state index contributed by atoms with van der Waals surface area (Å²) in [6.45, 7) is 3.28. The van der Waals surface area contributed by atoms with Crippen molar-refractivity contribution < 1.29 is 14.6 Å². The standard InChI is InChI=1S/C11H14O3/c1-8-3-4-10(7-12)5-6-11(8)14-9(2)13/h3,5-6,12H,4,7H2,1-2H3. The van der Waals surface area contributed by atoms with Crippen molar-refractivity contribution >= 4 is 5.97 Å². The second-order valence-electron chi connectivity index (χ2n) is 3.20. The van der Waals surface area contributed by atoms with Gasteiger partial charge < -0.3 is 9.84 Å². The second-order valence-corrected chi connectivity index (χ2v) is 3.20. The maximum absolute atomic E-state index is 10.8. The van der Waals surface area contributed by atoms with Gasteiger partial charge in [-0.05, 0) is 30.6 Å². The summed E-state index contributed by atoms with van der Waals surface area (Å²) in [6, 6.07) is 0. The van der Waals surface area contributed by atoms with Gasteiger partial charge in [0.05, 0.1) is 6.61 Å². The number of rotatable bonds is 2. The van der Waals surface area contributed by atoms with Crippen LogP contribution in [-0.2, 0) is 9.53 Å². The van der Waals surface area contributed by atoms with Crippen molar-refractivity contribution in [1.29, 1.82) is 0 Å². The monoisotopic (exact) mass is 194 g/mol. The lowest BCUT2D eigenvalue weighted by molar-refractivity contribution is -0.136. The van der Waals surface area contributed by atoms with Crippen LogP contribution in [0.2, 0.25) is 0 Å². The first-order valence-electron chi connectivity index (χ1n) is 4.49. The predicted octanol–water partition coefficient (Wildman–Crippen LogP) is 1.70. The summed E-state index contributed by atoms with van der Waals surface area (Å²) in [7, 11) is 0. The van der Waals surface area contributed by atoms with Crippen molar-refractivity contribution in [3.63, 3.8) is 0 Å². The molecule has 3 heteroatoms. The lowest BCUT2D eigenvalue weighted by atomic mass is 10.2. The Labute approximate surface area is 83.4 Å². The molecule has 14 heavy (non-hydrogen) atoms. The average Bonchev–Trinajstić information content (AvgIpc) is 2.30. The van der Waals surface area contributed by atoms with Crippen molar-refractivity contribution in [2.75, 3.05) is 6.61 Å². The molecule has 0 aliphatic heterocycles. The van der Waals surface area contributed by atoms with Gasteiger partial charge in [-0.2, -0.15) is 0 Å². The van der Waals surface area contributed by atoms with Crippen LogP contribution in [0.4, 0.5) is 0 Å². The van der Waals surface area contributed by atoms with Crippen LogP contribution in [0.3, 0.4) is 0 Å². The summed E-state index contributed by atoms with van der Waals surface area (Å²) in [5.74, 6) is 0.228. The van der Waals surface area contributed by atoms with Gasteiger partial charge in [0.2, 0.25) is 0 Å². The van der Waals surface area contributed by atoms with E-state index in [1.807, 2.05) is 13.0 Å². The Morgan fingerprint density at radius 1 is 1.57 bits per heavy atom. The molecule has 0 amide bonds. The van der Waals surface area contributed by atoms with Crippen LogP contribution in [0.15, 0.2) is 35.1 Å². The van der Waals surface area contributed by atoms with Gasteiger partial charge in [-0.25, -0.2) is 0 Å². The Morgan fingerprint density at radius 3 is 2.86 bits per heavy atom. The topological polar surface area (TPSA) is 46.5 Å². The van der Waals surface area contributed by atoms with Gasteiger partial charge in [-0.3, -0.25) is 4.79 Å². The average molecular weight is 194 g/mol. The zero-order valence-electron chi connectivity index (χ0n) is 8.41. The highest BCUT2D eigenvalue weighted by atomic mass is 16.5. The molecule has 0 aromatic heterocycles. The molecular weight excluding hydrogens is 180 g/mol. The van der Waals surface area contributed by atoms with Gasteiger partial charge in [0.25, 0.3) is 0 Å². The van der Waals surface area contributed by atoms with E-state index in [2.05, 4.69) is 0 Å². The molecule has 0 heterocycles. The van der Waals surface area contributed by atoms with E-state index in [0.717, 1.165) is 11.1 Å². The summed E-state index contributed by atoms with van der Waals surface area (Å²) >= 11 is 0. The lowest BCUT2D eigenvalue weighted by Gasteiger charge is -2.04. The molecule has 0 bridgehead atoms. The van der Waals surface area contributed by atoms with E-state index in [4.69, 9.17) is 9.84 Å². The van der Waals surface area contributed by atoms with E-state index in [0.29, 0.717) is 12.2 Å². The highest BCUT2D eigenvalue weighted by molar-refractivity contribution is 5.68. The number of aliphatic hydroxyl groups is 1. The van der Waals surface area contributed by atoms with Crippen LogP contribution < -0.4 is 0 Å². The molecule has 0 aromatic carbocycles. The summed E-state index contributed by atoms with van der Waals surface area (Å²) in [6.07, 6.45) is 6.13. The van der Waals surface area contributed by atoms with Gasteiger partial charge in [0.15, 0.2) is 0 Å². The predicted molar refractivity (Wildman–Crippen MR) is 53.4 cm³/mol. The van der Waals surface area contributed by atoms with Crippen molar-refractivity contribution in [1.82, 2.24) is 0 Å². The summed E-state index contributed by atoms with van der Waals surface area (Å²) in [4.78, 5) is 10.8. The van der Waals surface area contributed by atoms with E-state index in [9.17, 15) is 4.79 Å². The number of hydrogen-bond donors (Lipinski definition) is 1. The first-order valence-corrected chi connectivity index (χ1v) is 4.49. The first kappa shape index (κ1) is 10.7. The van der Waals surface area contributed by atoms with Crippen LogP contribution in [0.1, 0.15) is 20.3 Å². The van der Waals surface area contributed by atoms with Gasteiger partial charge in [0.1, 0.15) is 5.76 Å². The van der Waals surface area contributed by atoms with E-state index in [1.54, 1.807) is 12.2 Å². The van der Waals surface area contributed by atoms with Crippen molar-refractivity contribution in [3.8, 4) is 0 Å². The van der Waals surface area contributed by atoms with E-state index < -0.39 is 0 Å². The van der Waals surface area contributed by atoms with E-state index in [-0.39, 0.29) is 12.6 Å². The lowest BCUT2D eigenvalue weighted by Crippen LogP contribution is -1.99. The van der Waals surface area contributed by atoms with Crippen LogP contribution >= 0.6 is 0 Å². The fraction of sp³-hybridized carbons (Fsp3) is 0.364. The molecule has 0 fully saturated rings. The molecule has 0 atom stereocenters. The fourth-order valence-electron chi connectivity index (χ4n) is 1.16. The minimum absolute atomic E-state index is 0.0353. The van der Waals surface area contributed by atoms with Gasteiger partial charge >= 0.3 is 5.97 Å². The number of hydrogen-bond acceptors (Lipinski definition) is 3. The largest absolute Gasteiger partial charge is 0.426 e. The summed E-state index contributed by atoms with van der Waals surface area (Å²) in [5, 5.41) is 8.94. The van der Waals surface area contributed by atoms with Crippen LogP contribution in [0.5, 0.6) is 0 Å². The maximum Gasteiger partial charge on any atom is 0.308 e. The third-order valence-corrected chi connectivity index (χ3v) is 1.99. The third kappa shape index (κ3) is 2.85. The molecule has 0 aromatic rings. The zero-order chi connectivity index (χ0) is 10.6. The fourth-order valence-corrected chi connectivity index (χ4v) is 1.16. The Morgan fingerprint density at radius 2 is 2.29 bits per heavy atom. The quantitative estimate of drug-likeness (QED) is 0.680. The van der Waals surface area contributed by atoms with Crippen molar-refractivity contribution in [2.24, 2.45) is 0 Å². The number of allylic oxidation sites excluding steroid dienone is 4. The van der Waals surface area contributed by atoms with Crippen LogP contribution in [0.25, 0.3) is 0 Å². The first-order chi connectivity index (χ1) is 6.63. The summed E-state index contributed by atoms with van der Waals surface area (Å²) < 4.78 is 5.00. The number of aliphatic hydroxyl groups excluding tert-OH is 1. The number of carbonyl (C=O) groups is 1. The SMILES string of the molecule is CC(=O)OC1=CC=C(CO)CC=C1C. The number of ether oxygens (including phenoxy) is 1. The zero-order valence-corrected chi connectivity index (χ0v) is 8.41. The summed E-state index contributed by atoms with van der Waals surface area (Å²) in [5.41, 5.74) is 1.83. The third-order valence-electron chi connectivity index (χ3n) is 1.99. The highest BCUT2D eigenvalue weighted by Gasteiger charge is 2.07. The van der Waals surface area contributed by atoms with Crippen LogP contribution in [0, 0.1) is 0 Å². The smallest absolute Gasteiger partial charge is 0.308 e. The van der Waals surface area contributed by atoms with Gasteiger partial charge in [-0.15, -0.1) is 0 Å². The molecule has 0 saturated heterocycles. The minimum atomic E-state index is -0.329. The second kappa shape index (κ2) is 4.77. The molecule has 0 saturated carbocycles. The van der Waals surface area contributed by atoms with Gasteiger partial charge in [-0.1, -0.05) is 12.2 Å². The Balaban J connectivity index is 2.86. The molecule has 76 valence electrons. The Bertz CT molecular complexity index is 321. The van der Waals surface area contributed by atoms with Crippen molar-refractivity contribution in [3.05, 3.63) is 35.1 Å². The molecular formula is C11H14O3. The van der Waals surface area contributed by atoms with Crippen molar-refractivity contribution in [2.45, 2.75) is 20.3 Å². The molecule has 0 spiro atoms. The molecule has 3 nitrogen and oxygen atoms in total. The highest BCUT2D eigenvalue weighted by Crippen LogP contribution is 2.18. The molecule has 1 N–H and O–H groups in total. The molecule has 1 aliphatic carbocycles. The van der Waals surface area contributed by atoms with Crippen LogP contribution in [-0.4, -0.2) is 17.7 Å². The molecule has 0 unspecified atom stereocenters. The minimum Gasteiger partial charge on any atom is -0.426 e. The van der Waals surface area contributed by atoms with E-state index in [1.165, 1.54) is 6.92 Å². The van der Waals surface area contributed by atoms with Gasteiger partial charge in [0, 0.05) is 6.92 Å². The molecule has 0 radical (unpaired) electrons. The Hall–Kier alpha value is -1.35. The number of esters is 1. The normalized spacial score (nSPS) is 16.4. The maximum atomic E-state index is 10.8. The number of carbonyl (C=O) groups excluding carboxylic acids is 1. The van der Waals surface area contributed by atoms with E-state index >= 15 is 0 Å². The molecule has 1 rings (SSSR count). The Kier molecular flexibility index (Phi) is 3.65. The molecule has 1 aliphatic rings.